The summed E-state index contributed by atoms with van der Waals surface area (Å²) in [6.45, 7) is 1.98. The summed E-state index contributed by atoms with van der Waals surface area (Å²) in [6, 6.07) is 5.51. The van der Waals surface area contributed by atoms with Crippen LogP contribution >= 0.6 is 0 Å². The second kappa shape index (κ2) is 4.73. The maximum absolute atomic E-state index is 5.91. The molecular weight excluding hydrogens is 218 g/mol. The van der Waals surface area contributed by atoms with E-state index in [0.29, 0.717) is 5.69 Å². The van der Waals surface area contributed by atoms with Crippen molar-refractivity contribution in [2.75, 3.05) is 18.2 Å². The molecule has 0 spiro atoms. The van der Waals surface area contributed by atoms with Crippen LogP contribution in [0.2, 0.25) is 0 Å². The van der Waals surface area contributed by atoms with Crippen LogP contribution in [0.4, 0.5) is 11.4 Å². The molecule has 0 amide bonds. The van der Waals surface area contributed by atoms with Crippen LogP contribution in [0, 0.1) is 0 Å². The van der Waals surface area contributed by atoms with Crippen LogP contribution in [-0.2, 0) is 0 Å². The lowest BCUT2D eigenvalue weighted by Crippen LogP contribution is -2.10. The number of hydrogen-bond donors (Lipinski definition) is 3. The van der Waals surface area contributed by atoms with Crippen molar-refractivity contribution in [1.29, 1.82) is 0 Å². The van der Waals surface area contributed by atoms with Gasteiger partial charge in [-0.3, -0.25) is 5.10 Å². The molecular formula is C11H15N5O. The largest absolute Gasteiger partial charge is 0.497 e. The SMILES string of the molecule is COc1ccc(NC(C)c2ncn[nH]2)c(N)c1. The number of methoxy groups -OCH3 is 1. The molecule has 17 heavy (non-hydrogen) atoms. The van der Waals surface area contributed by atoms with Crippen molar-refractivity contribution in [3.63, 3.8) is 0 Å². The van der Waals surface area contributed by atoms with Crippen molar-refractivity contribution in [3.8, 4) is 5.75 Å². The molecule has 0 saturated heterocycles. The summed E-state index contributed by atoms with van der Waals surface area (Å²) >= 11 is 0. The number of nitrogen functional groups attached to an aromatic ring is 1. The topological polar surface area (TPSA) is 88.8 Å². The maximum Gasteiger partial charge on any atom is 0.146 e. The highest BCUT2D eigenvalue weighted by Crippen LogP contribution is 2.26. The molecule has 2 rings (SSSR count). The van der Waals surface area contributed by atoms with Crippen molar-refractivity contribution in [3.05, 3.63) is 30.4 Å². The van der Waals surface area contributed by atoms with Crippen LogP contribution in [0.25, 0.3) is 0 Å². The van der Waals surface area contributed by atoms with E-state index in [1.165, 1.54) is 6.33 Å². The molecule has 0 fully saturated rings. The first-order valence-electron chi connectivity index (χ1n) is 5.26. The molecule has 1 heterocycles. The summed E-state index contributed by atoms with van der Waals surface area (Å²) in [5.41, 5.74) is 7.39. The number of nitrogens with one attached hydrogen (secondary N) is 2. The van der Waals surface area contributed by atoms with Crippen molar-refractivity contribution in [1.82, 2.24) is 15.2 Å². The van der Waals surface area contributed by atoms with Crippen LogP contribution in [0.5, 0.6) is 5.75 Å². The highest BCUT2D eigenvalue weighted by molar-refractivity contribution is 5.68. The van der Waals surface area contributed by atoms with Crippen LogP contribution < -0.4 is 15.8 Å². The second-order valence-electron chi connectivity index (χ2n) is 3.69. The van der Waals surface area contributed by atoms with Gasteiger partial charge in [0.05, 0.1) is 24.5 Å². The Hall–Kier alpha value is -2.24. The Balaban J connectivity index is 2.13. The van der Waals surface area contributed by atoms with E-state index in [9.17, 15) is 0 Å². The third-order valence-electron chi connectivity index (χ3n) is 2.47. The van der Waals surface area contributed by atoms with E-state index in [4.69, 9.17) is 10.5 Å². The molecule has 0 aliphatic carbocycles. The normalized spacial score (nSPS) is 12.1. The van der Waals surface area contributed by atoms with Gasteiger partial charge in [0, 0.05) is 6.07 Å². The van der Waals surface area contributed by atoms with Gasteiger partial charge < -0.3 is 15.8 Å². The predicted octanol–water partition coefficient (Wildman–Crippen LogP) is 1.57. The van der Waals surface area contributed by atoms with Crippen molar-refractivity contribution < 1.29 is 4.74 Å². The first-order valence-corrected chi connectivity index (χ1v) is 5.26. The van der Waals surface area contributed by atoms with E-state index in [-0.39, 0.29) is 6.04 Å². The highest BCUT2D eigenvalue weighted by atomic mass is 16.5. The number of aromatic nitrogens is 3. The Morgan fingerprint density at radius 1 is 1.47 bits per heavy atom. The van der Waals surface area contributed by atoms with E-state index >= 15 is 0 Å². The molecule has 1 atom stereocenters. The van der Waals surface area contributed by atoms with Crippen molar-refractivity contribution in [2.45, 2.75) is 13.0 Å². The molecule has 6 heteroatoms. The molecule has 6 nitrogen and oxygen atoms in total. The molecule has 90 valence electrons. The lowest BCUT2D eigenvalue weighted by molar-refractivity contribution is 0.415. The zero-order chi connectivity index (χ0) is 12.3. The zero-order valence-corrected chi connectivity index (χ0v) is 9.77. The van der Waals surface area contributed by atoms with Gasteiger partial charge in [0.15, 0.2) is 0 Å². The average molecular weight is 233 g/mol. The lowest BCUT2D eigenvalue weighted by atomic mass is 10.2. The first kappa shape index (κ1) is 11.3. The van der Waals surface area contributed by atoms with Gasteiger partial charge in [-0.25, -0.2) is 4.98 Å². The third-order valence-corrected chi connectivity index (χ3v) is 2.47. The number of ether oxygens (including phenoxy) is 1. The van der Waals surface area contributed by atoms with Crippen molar-refractivity contribution in [2.24, 2.45) is 0 Å². The minimum atomic E-state index is 0.00759. The monoisotopic (exact) mass is 233 g/mol. The van der Waals surface area contributed by atoms with Crippen LogP contribution in [0.1, 0.15) is 18.8 Å². The van der Waals surface area contributed by atoms with Crippen LogP contribution in [-0.4, -0.2) is 22.3 Å². The average Bonchev–Trinajstić information content (AvgIpc) is 2.85. The van der Waals surface area contributed by atoms with Crippen LogP contribution in [0.15, 0.2) is 24.5 Å². The van der Waals surface area contributed by atoms with Gasteiger partial charge >= 0.3 is 0 Å². The maximum atomic E-state index is 5.91. The fraction of sp³-hybridized carbons (Fsp3) is 0.273. The van der Waals surface area contributed by atoms with Crippen LogP contribution in [0.3, 0.4) is 0 Å². The van der Waals surface area contributed by atoms with Gasteiger partial charge in [-0.1, -0.05) is 0 Å². The Morgan fingerprint density at radius 2 is 2.29 bits per heavy atom. The standard InChI is InChI=1S/C11H15N5O/c1-7(11-13-6-14-16-11)15-10-4-3-8(17-2)5-9(10)12/h3-7,15H,12H2,1-2H3,(H,13,14,16). The van der Waals surface area contributed by atoms with E-state index in [1.54, 1.807) is 13.2 Å². The molecule has 4 N–H and O–H groups in total. The van der Waals surface area contributed by atoms with Gasteiger partial charge in [0.25, 0.3) is 0 Å². The number of nitrogens with two attached hydrogens (primary N) is 1. The fourth-order valence-corrected chi connectivity index (χ4v) is 1.52. The van der Waals surface area contributed by atoms with E-state index in [1.807, 2.05) is 19.1 Å². The summed E-state index contributed by atoms with van der Waals surface area (Å²) in [6.07, 6.45) is 1.48. The highest BCUT2D eigenvalue weighted by Gasteiger charge is 2.09. The molecule has 1 aromatic carbocycles. The summed E-state index contributed by atoms with van der Waals surface area (Å²) in [5, 5.41) is 9.87. The Morgan fingerprint density at radius 3 is 2.88 bits per heavy atom. The van der Waals surface area contributed by atoms with Gasteiger partial charge in [-0.2, -0.15) is 5.10 Å². The lowest BCUT2D eigenvalue weighted by Gasteiger charge is -2.15. The Bertz CT molecular complexity index is 483. The Kier molecular flexibility index (Phi) is 3.13. The molecule has 0 saturated carbocycles. The number of hydrogen-bond acceptors (Lipinski definition) is 5. The summed E-state index contributed by atoms with van der Waals surface area (Å²) in [7, 11) is 1.61. The van der Waals surface area contributed by atoms with Gasteiger partial charge in [0.2, 0.25) is 0 Å². The number of benzene rings is 1. The predicted molar refractivity (Wildman–Crippen MR) is 65.8 cm³/mol. The number of anilines is 2. The molecule has 0 aliphatic rings. The van der Waals surface area contributed by atoms with Gasteiger partial charge in [-0.15, -0.1) is 0 Å². The van der Waals surface area contributed by atoms with Crippen molar-refractivity contribution >= 4 is 11.4 Å². The Labute approximate surface area is 99.2 Å². The number of aromatic amines is 1. The van der Waals surface area contributed by atoms with Gasteiger partial charge in [0.1, 0.15) is 17.9 Å². The molecule has 0 radical (unpaired) electrons. The molecule has 0 bridgehead atoms. The van der Waals surface area contributed by atoms with E-state index < -0.39 is 0 Å². The van der Waals surface area contributed by atoms with E-state index in [2.05, 4.69) is 20.5 Å². The molecule has 0 aliphatic heterocycles. The molecule has 1 unspecified atom stereocenters. The zero-order valence-electron chi connectivity index (χ0n) is 9.77. The fourth-order valence-electron chi connectivity index (χ4n) is 1.52. The molecule has 1 aromatic heterocycles. The second-order valence-corrected chi connectivity index (χ2v) is 3.69. The summed E-state index contributed by atoms with van der Waals surface area (Å²) in [5.74, 6) is 1.50. The molecule has 2 aromatic rings. The summed E-state index contributed by atoms with van der Waals surface area (Å²) < 4.78 is 5.09. The quantitative estimate of drug-likeness (QED) is 0.697. The number of nitrogens with zero attached hydrogens (tertiary/aromatic N) is 2. The smallest absolute Gasteiger partial charge is 0.146 e. The van der Waals surface area contributed by atoms with Gasteiger partial charge in [-0.05, 0) is 19.1 Å². The number of H-pyrrole nitrogens is 1. The third kappa shape index (κ3) is 2.47. The first-order chi connectivity index (χ1) is 8.20. The van der Waals surface area contributed by atoms with E-state index in [0.717, 1.165) is 17.3 Å². The summed E-state index contributed by atoms with van der Waals surface area (Å²) in [4.78, 5) is 4.08. The number of rotatable bonds is 4. The minimum Gasteiger partial charge on any atom is -0.497 e. The minimum absolute atomic E-state index is 0.00759.